The zero-order valence-corrected chi connectivity index (χ0v) is 20.8. The van der Waals surface area contributed by atoms with Crippen molar-refractivity contribution >= 4 is 44.0 Å². The highest BCUT2D eigenvalue weighted by atomic mass is 79.9. The maximum Gasteiger partial charge on any atom is 0.271 e. The van der Waals surface area contributed by atoms with E-state index in [1.165, 1.54) is 5.56 Å². The number of hydrogen-bond acceptors (Lipinski definition) is 3. The molecule has 0 aromatic heterocycles. The quantitative estimate of drug-likeness (QED) is 0.273. The highest BCUT2D eigenvalue weighted by molar-refractivity contribution is 9.10. The van der Waals surface area contributed by atoms with Crippen molar-refractivity contribution in [2.24, 2.45) is 5.10 Å². The van der Waals surface area contributed by atoms with Crippen LogP contribution in [-0.2, 0) is 12.0 Å². The minimum Gasteiger partial charge on any atom is -0.488 e. The number of carbonyl (C=O) groups is 1. The molecule has 1 amide bonds. The van der Waals surface area contributed by atoms with E-state index >= 15 is 0 Å². The van der Waals surface area contributed by atoms with E-state index in [2.05, 4.69) is 63.2 Å². The van der Waals surface area contributed by atoms with E-state index in [1.807, 2.05) is 66.7 Å². The molecule has 0 saturated carbocycles. The van der Waals surface area contributed by atoms with Crippen LogP contribution in [0.3, 0.4) is 0 Å². The zero-order chi connectivity index (χ0) is 22.4. The van der Waals surface area contributed by atoms with Gasteiger partial charge < -0.3 is 4.74 Å². The number of rotatable bonds is 6. The lowest BCUT2D eigenvalue weighted by Crippen LogP contribution is -2.18. The number of nitrogens with zero attached hydrogens (tertiary/aromatic N) is 1. The number of benzene rings is 3. The van der Waals surface area contributed by atoms with Crippen LogP contribution in [0.2, 0.25) is 0 Å². The summed E-state index contributed by atoms with van der Waals surface area (Å²) in [6, 6.07) is 21.2. The van der Waals surface area contributed by atoms with Crippen LogP contribution in [-0.4, -0.2) is 12.1 Å². The lowest BCUT2D eigenvalue weighted by atomic mass is 9.87. The molecule has 0 fully saturated rings. The molecular formula is C25H24Br2N2O2. The van der Waals surface area contributed by atoms with Gasteiger partial charge in [-0.05, 0) is 59.0 Å². The van der Waals surface area contributed by atoms with Crippen molar-refractivity contribution < 1.29 is 9.53 Å². The molecule has 3 aromatic carbocycles. The van der Waals surface area contributed by atoms with E-state index < -0.39 is 0 Å². The van der Waals surface area contributed by atoms with Crippen LogP contribution < -0.4 is 10.2 Å². The number of halogens is 2. The molecule has 0 heterocycles. The first-order valence-corrected chi connectivity index (χ1v) is 11.4. The van der Waals surface area contributed by atoms with Gasteiger partial charge in [0.25, 0.3) is 5.91 Å². The third kappa shape index (κ3) is 6.77. The number of hydrazone groups is 1. The largest absolute Gasteiger partial charge is 0.488 e. The molecular weight excluding hydrogens is 520 g/mol. The summed E-state index contributed by atoms with van der Waals surface area (Å²) in [5.41, 5.74) is 6.17. The van der Waals surface area contributed by atoms with E-state index in [9.17, 15) is 4.79 Å². The number of amides is 1. The molecule has 0 unspecified atom stereocenters. The summed E-state index contributed by atoms with van der Waals surface area (Å²) < 4.78 is 7.88. The Morgan fingerprint density at radius 1 is 1.00 bits per heavy atom. The SMILES string of the molecule is CC(C)(C)c1ccc(C(=O)N/N=C/c2cc(Br)ccc2OCc2cccc(Br)c2)cc1. The molecule has 0 aliphatic heterocycles. The maximum absolute atomic E-state index is 12.4. The standard InChI is InChI=1S/C25H24Br2N2O2/c1-25(2,3)20-9-7-18(8-10-20)24(30)29-28-15-19-14-22(27)11-12-23(19)31-16-17-5-4-6-21(26)13-17/h4-15H,16H2,1-3H3,(H,29,30)/b28-15+. The van der Waals surface area contributed by atoms with Crippen molar-refractivity contribution in [3.05, 3.63) is 97.9 Å². The molecule has 0 atom stereocenters. The van der Waals surface area contributed by atoms with E-state index in [-0.39, 0.29) is 11.3 Å². The van der Waals surface area contributed by atoms with E-state index in [1.54, 1.807) is 6.21 Å². The van der Waals surface area contributed by atoms with Crippen LogP contribution in [0.5, 0.6) is 5.75 Å². The van der Waals surface area contributed by atoms with Crippen molar-refractivity contribution in [3.8, 4) is 5.75 Å². The Morgan fingerprint density at radius 3 is 2.39 bits per heavy atom. The van der Waals surface area contributed by atoms with Gasteiger partial charge in [-0.3, -0.25) is 4.79 Å². The molecule has 0 spiro atoms. The Hall–Kier alpha value is -2.44. The highest BCUT2D eigenvalue weighted by Crippen LogP contribution is 2.24. The Kier molecular flexibility index (Phi) is 7.68. The molecule has 0 radical (unpaired) electrons. The van der Waals surface area contributed by atoms with Gasteiger partial charge in [-0.15, -0.1) is 0 Å². The third-order valence-electron chi connectivity index (χ3n) is 4.64. The number of hydrogen-bond donors (Lipinski definition) is 1. The van der Waals surface area contributed by atoms with Crippen molar-refractivity contribution in [1.82, 2.24) is 5.43 Å². The Balaban J connectivity index is 1.67. The normalized spacial score (nSPS) is 11.5. The molecule has 31 heavy (non-hydrogen) atoms. The molecule has 1 N–H and O–H groups in total. The van der Waals surface area contributed by atoms with Crippen molar-refractivity contribution in [2.75, 3.05) is 0 Å². The smallest absolute Gasteiger partial charge is 0.271 e. The summed E-state index contributed by atoms with van der Waals surface area (Å²) >= 11 is 6.94. The van der Waals surface area contributed by atoms with Crippen LogP contribution in [0.4, 0.5) is 0 Å². The fourth-order valence-corrected chi connectivity index (χ4v) is 3.71. The Labute approximate surface area is 200 Å². The molecule has 4 nitrogen and oxygen atoms in total. The number of ether oxygens (including phenoxy) is 1. The molecule has 0 bridgehead atoms. The van der Waals surface area contributed by atoms with Crippen molar-refractivity contribution in [2.45, 2.75) is 32.8 Å². The topological polar surface area (TPSA) is 50.7 Å². The van der Waals surface area contributed by atoms with E-state index in [4.69, 9.17) is 4.74 Å². The molecule has 0 aliphatic carbocycles. The molecule has 160 valence electrons. The van der Waals surface area contributed by atoms with Crippen LogP contribution in [0.1, 0.15) is 47.8 Å². The Morgan fingerprint density at radius 2 is 1.71 bits per heavy atom. The van der Waals surface area contributed by atoms with Gasteiger partial charge in [0.2, 0.25) is 0 Å². The molecule has 0 saturated heterocycles. The van der Waals surface area contributed by atoms with E-state index in [0.717, 1.165) is 20.1 Å². The van der Waals surface area contributed by atoms with Crippen molar-refractivity contribution in [1.29, 1.82) is 0 Å². The molecule has 3 rings (SSSR count). The zero-order valence-electron chi connectivity index (χ0n) is 17.7. The Bertz CT molecular complexity index is 1090. The predicted octanol–water partition coefficient (Wildman–Crippen LogP) is 6.85. The molecule has 0 aliphatic rings. The van der Waals surface area contributed by atoms with Crippen LogP contribution in [0.15, 0.2) is 80.8 Å². The van der Waals surface area contributed by atoms with E-state index in [0.29, 0.717) is 17.9 Å². The second-order valence-electron chi connectivity index (χ2n) is 8.13. The van der Waals surface area contributed by atoms with Gasteiger partial charge in [-0.1, -0.05) is 76.9 Å². The fourth-order valence-electron chi connectivity index (χ4n) is 2.89. The van der Waals surface area contributed by atoms with Gasteiger partial charge in [-0.25, -0.2) is 5.43 Å². The van der Waals surface area contributed by atoms with Crippen LogP contribution in [0, 0.1) is 0 Å². The summed E-state index contributed by atoms with van der Waals surface area (Å²) in [5.74, 6) is 0.416. The summed E-state index contributed by atoms with van der Waals surface area (Å²) in [6.07, 6.45) is 1.59. The average molecular weight is 544 g/mol. The minimum absolute atomic E-state index is 0.0418. The van der Waals surface area contributed by atoms with Gasteiger partial charge >= 0.3 is 0 Å². The number of carbonyl (C=O) groups excluding carboxylic acids is 1. The van der Waals surface area contributed by atoms with Gasteiger partial charge in [0, 0.05) is 20.1 Å². The molecule has 3 aromatic rings. The first-order chi connectivity index (χ1) is 14.7. The summed E-state index contributed by atoms with van der Waals surface area (Å²) in [6.45, 7) is 6.84. The average Bonchev–Trinajstić information content (AvgIpc) is 2.72. The third-order valence-corrected chi connectivity index (χ3v) is 5.62. The van der Waals surface area contributed by atoms with Crippen LogP contribution in [0.25, 0.3) is 0 Å². The summed E-state index contributed by atoms with van der Waals surface area (Å²) in [4.78, 5) is 12.4. The van der Waals surface area contributed by atoms with Gasteiger partial charge in [-0.2, -0.15) is 5.10 Å². The number of nitrogens with one attached hydrogen (secondary N) is 1. The summed E-state index contributed by atoms with van der Waals surface area (Å²) in [5, 5.41) is 4.13. The maximum atomic E-state index is 12.4. The monoisotopic (exact) mass is 542 g/mol. The fraction of sp³-hybridized carbons (Fsp3) is 0.200. The van der Waals surface area contributed by atoms with Crippen molar-refractivity contribution in [3.63, 3.8) is 0 Å². The van der Waals surface area contributed by atoms with Crippen LogP contribution >= 0.6 is 31.9 Å². The second-order valence-corrected chi connectivity index (χ2v) is 9.96. The summed E-state index contributed by atoms with van der Waals surface area (Å²) in [7, 11) is 0. The lowest BCUT2D eigenvalue weighted by molar-refractivity contribution is 0.0955. The first kappa shape index (κ1) is 23.2. The molecule has 6 heteroatoms. The second kappa shape index (κ2) is 10.2. The minimum atomic E-state index is -0.261. The first-order valence-electron chi connectivity index (χ1n) is 9.83. The lowest BCUT2D eigenvalue weighted by Gasteiger charge is -2.18. The van der Waals surface area contributed by atoms with Gasteiger partial charge in [0.05, 0.1) is 6.21 Å². The highest BCUT2D eigenvalue weighted by Gasteiger charge is 2.14. The van der Waals surface area contributed by atoms with Gasteiger partial charge in [0.1, 0.15) is 12.4 Å². The van der Waals surface area contributed by atoms with Gasteiger partial charge in [0.15, 0.2) is 0 Å². The predicted molar refractivity (Wildman–Crippen MR) is 133 cm³/mol.